The normalized spacial score (nSPS) is 12.7. The van der Waals surface area contributed by atoms with Crippen molar-refractivity contribution in [2.24, 2.45) is 0 Å². The number of likely N-dealkylation sites (N-methyl/N-ethyl adjacent to an activating group) is 1. The van der Waals surface area contributed by atoms with Crippen molar-refractivity contribution in [1.82, 2.24) is 10.2 Å². The number of hydrogen-bond acceptors (Lipinski definition) is 5. The van der Waals surface area contributed by atoms with E-state index in [-0.39, 0.29) is 30.3 Å². The molecule has 0 fully saturated rings. The lowest BCUT2D eigenvalue weighted by Crippen LogP contribution is -2.50. The van der Waals surface area contributed by atoms with Crippen molar-refractivity contribution in [2.45, 2.75) is 18.5 Å². The Bertz CT molecular complexity index is 1570. The van der Waals surface area contributed by atoms with Gasteiger partial charge in [0.2, 0.25) is 5.91 Å². The maximum atomic E-state index is 14.5. The number of ether oxygens (including phenoxy) is 1. The predicted molar refractivity (Wildman–Crippen MR) is 157 cm³/mol. The number of fused-ring (bicyclic) bond motifs is 3. The van der Waals surface area contributed by atoms with Gasteiger partial charge in [-0.1, -0.05) is 78.9 Å². The van der Waals surface area contributed by atoms with Crippen molar-refractivity contribution in [1.29, 1.82) is 0 Å². The number of carbonyl (C=O) groups is 3. The molecule has 0 saturated heterocycles. The summed E-state index contributed by atoms with van der Waals surface area (Å²) in [5.74, 6) is -2.94. The Hall–Kier alpha value is -5.02. The fourth-order valence-corrected chi connectivity index (χ4v) is 5.22. The molecule has 9 heteroatoms. The van der Waals surface area contributed by atoms with Crippen LogP contribution in [0.15, 0.2) is 97.1 Å². The van der Waals surface area contributed by atoms with Gasteiger partial charge in [-0.25, -0.2) is 14.0 Å². The van der Waals surface area contributed by atoms with Gasteiger partial charge < -0.3 is 20.5 Å². The molecular weight excluding hydrogens is 537 g/mol. The van der Waals surface area contributed by atoms with Crippen LogP contribution in [0, 0.1) is 5.82 Å². The molecule has 8 nitrogen and oxygen atoms in total. The smallest absolute Gasteiger partial charge is 0.407 e. The largest absolute Gasteiger partial charge is 0.478 e. The molecule has 42 heavy (non-hydrogen) atoms. The van der Waals surface area contributed by atoms with E-state index in [0.717, 1.165) is 46.0 Å². The highest BCUT2D eigenvalue weighted by atomic mass is 19.1. The van der Waals surface area contributed by atoms with Gasteiger partial charge in [-0.05, 0) is 53.1 Å². The fourth-order valence-electron chi connectivity index (χ4n) is 5.22. The minimum atomic E-state index is -1.26. The molecule has 0 saturated carbocycles. The third kappa shape index (κ3) is 6.47. The molecular formula is C33H30FN3O5. The number of anilines is 1. The number of amides is 2. The number of carboxylic acids is 1. The van der Waals surface area contributed by atoms with Crippen molar-refractivity contribution < 1.29 is 28.6 Å². The highest BCUT2D eigenvalue weighted by Gasteiger charge is 2.30. The maximum absolute atomic E-state index is 14.5. The molecule has 0 heterocycles. The summed E-state index contributed by atoms with van der Waals surface area (Å²) in [7, 11) is 1.79. The van der Waals surface area contributed by atoms with Crippen LogP contribution in [0.4, 0.5) is 14.9 Å². The second-order valence-electron chi connectivity index (χ2n) is 10.2. The van der Waals surface area contributed by atoms with E-state index >= 15 is 0 Å². The van der Waals surface area contributed by atoms with Crippen molar-refractivity contribution in [2.75, 3.05) is 25.5 Å². The first-order valence-corrected chi connectivity index (χ1v) is 13.5. The lowest BCUT2D eigenvalue weighted by atomic mass is 9.98. The Morgan fingerprint density at radius 3 is 2.17 bits per heavy atom. The van der Waals surface area contributed by atoms with Gasteiger partial charge in [-0.2, -0.15) is 0 Å². The number of rotatable bonds is 10. The van der Waals surface area contributed by atoms with Crippen LogP contribution in [0.1, 0.15) is 33.0 Å². The van der Waals surface area contributed by atoms with Crippen LogP contribution in [0.5, 0.6) is 0 Å². The molecule has 4 aromatic rings. The Labute approximate surface area is 242 Å². The van der Waals surface area contributed by atoms with Crippen molar-refractivity contribution >= 4 is 23.7 Å². The second kappa shape index (κ2) is 12.7. The number of carbonyl (C=O) groups excluding carboxylic acids is 2. The molecule has 2 amide bonds. The van der Waals surface area contributed by atoms with Gasteiger partial charge in [-0.15, -0.1) is 0 Å². The molecule has 1 aliphatic carbocycles. The first kappa shape index (κ1) is 28.5. The summed E-state index contributed by atoms with van der Waals surface area (Å²) in [4.78, 5) is 39.6. The van der Waals surface area contributed by atoms with Crippen LogP contribution in [0.3, 0.4) is 0 Å². The van der Waals surface area contributed by atoms with Gasteiger partial charge in [0.05, 0.1) is 11.3 Å². The van der Waals surface area contributed by atoms with Crippen LogP contribution in [0.2, 0.25) is 0 Å². The van der Waals surface area contributed by atoms with Gasteiger partial charge in [0.25, 0.3) is 0 Å². The topological polar surface area (TPSA) is 108 Å². The molecule has 1 aliphatic rings. The zero-order valence-corrected chi connectivity index (χ0v) is 22.9. The maximum Gasteiger partial charge on any atom is 0.407 e. The molecule has 3 N–H and O–H groups in total. The number of carboxylic acid groups (broad SMARTS) is 1. The van der Waals surface area contributed by atoms with Crippen molar-refractivity contribution in [3.63, 3.8) is 0 Å². The van der Waals surface area contributed by atoms with Crippen LogP contribution in [0.25, 0.3) is 11.1 Å². The zero-order chi connectivity index (χ0) is 29.6. The number of nitrogens with one attached hydrogen (secondary N) is 2. The Morgan fingerprint density at radius 2 is 1.52 bits per heavy atom. The van der Waals surface area contributed by atoms with Gasteiger partial charge in [-0.3, -0.25) is 9.69 Å². The van der Waals surface area contributed by atoms with E-state index in [9.17, 15) is 23.9 Å². The van der Waals surface area contributed by atoms with E-state index in [4.69, 9.17) is 4.74 Å². The van der Waals surface area contributed by atoms with E-state index in [1.807, 2.05) is 83.8 Å². The standard InChI is InChI=1S/C33H30FN3O5/c1-37(18-21-9-3-2-4-10-21)19-30(31(38)35-29-17-22(32(39)40)15-16-28(29)34)36-33(41)42-20-27-25-13-7-5-11-23(25)24-12-6-8-14-26(24)27/h2-17,27,30H,18-20H2,1H3,(H,35,38)(H,36,41)(H,39,40). The van der Waals surface area contributed by atoms with Gasteiger partial charge in [0.15, 0.2) is 0 Å². The molecule has 1 unspecified atom stereocenters. The summed E-state index contributed by atoms with van der Waals surface area (Å²) < 4.78 is 20.1. The summed E-state index contributed by atoms with van der Waals surface area (Å²) in [6, 6.07) is 27.5. The van der Waals surface area contributed by atoms with Crippen LogP contribution < -0.4 is 10.6 Å². The molecule has 0 aliphatic heterocycles. The molecule has 0 aromatic heterocycles. The SMILES string of the molecule is CN(Cc1ccccc1)CC(NC(=O)OCC1c2ccccc2-c2ccccc21)C(=O)Nc1cc(C(=O)O)ccc1F. The van der Waals surface area contributed by atoms with E-state index < -0.39 is 29.8 Å². The van der Waals surface area contributed by atoms with Crippen molar-refractivity contribution in [3.8, 4) is 11.1 Å². The minimum absolute atomic E-state index is 0.0589. The first-order valence-electron chi connectivity index (χ1n) is 13.5. The average Bonchev–Trinajstić information content (AvgIpc) is 3.30. The summed E-state index contributed by atoms with van der Waals surface area (Å²) in [6.07, 6.45) is -0.801. The Morgan fingerprint density at radius 1 is 0.905 bits per heavy atom. The summed E-state index contributed by atoms with van der Waals surface area (Å²) in [5, 5.41) is 14.3. The van der Waals surface area contributed by atoms with Gasteiger partial charge >= 0.3 is 12.1 Å². The van der Waals surface area contributed by atoms with Crippen LogP contribution in [-0.2, 0) is 16.1 Å². The van der Waals surface area contributed by atoms with Gasteiger partial charge in [0, 0.05) is 19.0 Å². The number of hydrogen-bond donors (Lipinski definition) is 3. The average molecular weight is 568 g/mol. The molecule has 1 atom stereocenters. The highest BCUT2D eigenvalue weighted by molar-refractivity contribution is 5.98. The van der Waals surface area contributed by atoms with Crippen LogP contribution >= 0.6 is 0 Å². The first-order chi connectivity index (χ1) is 20.3. The molecule has 0 spiro atoms. The second-order valence-corrected chi connectivity index (χ2v) is 10.2. The fraction of sp³-hybridized carbons (Fsp3) is 0.182. The quantitative estimate of drug-likeness (QED) is 0.234. The van der Waals surface area contributed by atoms with E-state index in [2.05, 4.69) is 10.6 Å². The predicted octanol–water partition coefficient (Wildman–Crippen LogP) is 5.50. The lowest BCUT2D eigenvalue weighted by molar-refractivity contribution is -0.118. The molecule has 0 bridgehead atoms. The van der Waals surface area contributed by atoms with Crippen LogP contribution in [-0.4, -0.2) is 54.2 Å². The molecule has 4 aromatic carbocycles. The third-order valence-electron chi connectivity index (χ3n) is 7.21. The van der Waals surface area contributed by atoms with E-state index in [1.165, 1.54) is 0 Å². The molecule has 214 valence electrons. The molecule has 5 rings (SSSR count). The third-order valence-corrected chi connectivity index (χ3v) is 7.21. The monoisotopic (exact) mass is 567 g/mol. The Balaban J connectivity index is 1.30. The summed E-state index contributed by atoms with van der Waals surface area (Å²) in [5.41, 5.74) is 4.80. The number of alkyl carbamates (subject to hydrolysis) is 1. The summed E-state index contributed by atoms with van der Waals surface area (Å²) in [6.45, 7) is 0.619. The summed E-state index contributed by atoms with van der Waals surface area (Å²) >= 11 is 0. The number of aromatic carboxylic acids is 1. The van der Waals surface area contributed by atoms with E-state index in [1.54, 1.807) is 7.05 Å². The number of halogens is 1. The zero-order valence-electron chi connectivity index (χ0n) is 22.9. The Kier molecular flexibility index (Phi) is 8.59. The van der Waals surface area contributed by atoms with Crippen molar-refractivity contribution in [3.05, 3.63) is 125 Å². The molecule has 0 radical (unpaired) electrons. The number of benzene rings is 4. The van der Waals surface area contributed by atoms with Gasteiger partial charge in [0.1, 0.15) is 18.5 Å². The van der Waals surface area contributed by atoms with E-state index in [0.29, 0.717) is 6.54 Å². The number of nitrogens with zero attached hydrogens (tertiary/aromatic N) is 1. The highest BCUT2D eigenvalue weighted by Crippen LogP contribution is 2.44. The lowest BCUT2D eigenvalue weighted by Gasteiger charge is -2.25. The minimum Gasteiger partial charge on any atom is -0.478 e.